The molecule has 0 unspecified atom stereocenters. The Labute approximate surface area is 102 Å². The lowest BCUT2D eigenvalue weighted by atomic mass is 9.89. The maximum atomic E-state index is 9.87. The summed E-state index contributed by atoms with van der Waals surface area (Å²) in [5, 5.41) is 14.0. The fourth-order valence-electron chi connectivity index (χ4n) is 2.35. The second-order valence-electron chi connectivity index (χ2n) is 4.57. The van der Waals surface area contributed by atoms with Crippen LogP contribution in [0, 0.1) is 12.8 Å². The summed E-state index contributed by atoms with van der Waals surface area (Å²) in [5.41, 5.74) is 2.06. The Hall–Kier alpha value is -0.730. The van der Waals surface area contributed by atoms with Crippen LogP contribution in [0.4, 0.5) is 0 Å². The van der Waals surface area contributed by atoms with Crippen molar-refractivity contribution in [1.29, 1.82) is 0 Å². The van der Waals surface area contributed by atoms with Crippen molar-refractivity contribution in [1.82, 2.24) is 5.32 Å². The molecule has 2 nitrogen and oxygen atoms in total. The molecule has 1 saturated heterocycles. The number of benzene rings is 1. The standard InChI is InChI=1S/C13H18ClNO/c1-9-11(13(16)3-2-12(9)14)8-10-4-6-15-7-5-10/h2-3,10,15-16H,4-8H2,1H3. The number of nitrogens with one attached hydrogen (secondary N) is 1. The summed E-state index contributed by atoms with van der Waals surface area (Å²) >= 11 is 6.08. The number of phenols is 1. The maximum absolute atomic E-state index is 9.87. The van der Waals surface area contributed by atoms with Crippen molar-refractivity contribution >= 4 is 11.6 Å². The van der Waals surface area contributed by atoms with Crippen LogP contribution in [0.25, 0.3) is 0 Å². The van der Waals surface area contributed by atoms with E-state index < -0.39 is 0 Å². The predicted octanol–water partition coefficient (Wildman–Crippen LogP) is 2.90. The fourth-order valence-corrected chi connectivity index (χ4v) is 2.52. The monoisotopic (exact) mass is 239 g/mol. The number of hydrogen-bond acceptors (Lipinski definition) is 2. The van der Waals surface area contributed by atoms with Gasteiger partial charge in [0.2, 0.25) is 0 Å². The highest BCUT2D eigenvalue weighted by Gasteiger charge is 2.17. The van der Waals surface area contributed by atoms with E-state index in [0.29, 0.717) is 11.7 Å². The van der Waals surface area contributed by atoms with E-state index >= 15 is 0 Å². The van der Waals surface area contributed by atoms with E-state index in [0.717, 1.165) is 35.7 Å². The van der Waals surface area contributed by atoms with Crippen molar-refractivity contribution < 1.29 is 5.11 Å². The molecule has 0 bridgehead atoms. The first kappa shape index (κ1) is 11.7. The number of phenolic OH excluding ortho intramolecular Hbond substituents is 1. The number of halogens is 1. The minimum atomic E-state index is 0.389. The maximum Gasteiger partial charge on any atom is 0.119 e. The summed E-state index contributed by atoms with van der Waals surface area (Å²) in [6, 6.07) is 3.46. The molecular weight excluding hydrogens is 222 g/mol. The van der Waals surface area contributed by atoms with Crippen LogP contribution in [0.2, 0.25) is 5.02 Å². The SMILES string of the molecule is Cc1c(Cl)ccc(O)c1CC1CCNCC1. The zero-order valence-corrected chi connectivity index (χ0v) is 10.3. The van der Waals surface area contributed by atoms with Gasteiger partial charge in [-0.2, -0.15) is 0 Å². The Balaban J connectivity index is 2.16. The topological polar surface area (TPSA) is 32.3 Å². The first-order chi connectivity index (χ1) is 7.68. The van der Waals surface area contributed by atoms with Gasteiger partial charge in [-0.05, 0) is 68.5 Å². The van der Waals surface area contributed by atoms with Crippen LogP contribution in [0.5, 0.6) is 5.75 Å². The zero-order chi connectivity index (χ0) is 11.5. The Morgan fingerprint density at radius 2 is 2.06 bits per heavy atom. The first-order valence-electron chi connectivity index (χ1n) is 5.86. The number of hydrogen-bond donors (Lipinski definition) is 2. The molecule has 1 aliphatic rings. The van der Waals surface area contributed by atoms with E-state index in [1.165, 1.54) is 12.8 Å². The Morgan fingerprint density at radius 3 is 2.75 bits per heavy atom. The number of aromatic hydroxyl groups is 1. The molecule has 16 heavy (non-hydrogen) atoms. The summed E-state index contributed by atoms with van der Waals surface area (Å²) in [6.45, 7) is 4.16. The summed E-state index contributed by atoms with van der Waals surface area (Å²) < 4.78 is 0. The van der Waals surface area contributed by atoms with Gasteiger partial charge in [-0.3, -0.25) is 0 Å². The van der Waals surface area contributed by atoms with Crippen molar-refractivity contribution in [2.24, 2.45) is 5.92 Å². The van der Waals surface area contributed by atoms with Gasteiger partial charge in [0.15, 0.2) is 0 Å². The largest absolute Gasteiger partial charge is 0.508 e. The minimum absolute atomic E-state index is 0.389. The van der Waals surface area contributed by atoms with Gasteiger partial charge in [-0.1, -0.05) is 11.6 Å². The lowest BCUT2D eigenvalue weighted by Gasteiger charge is -2.23. The van der Waals surface area contributed by atoms with Gasteiger partial charge in [0.25, 0.3) is 0 Å². The second kappa shape index (κ2) is 5.07. The van der Waals surface area contributed by atoms with Gasteiger partial charge in [-0.15, -0.1) is 0 Å². The van der Waals surface area contributed by atoms with Crippen LogP contribution >= 0.6 is 11.6 Å². The van der Waals surface area contributed by atoms with Gasteiger partial charge in [0.1, 0.15) is 5.75 Å². The first-order valence-corrected chi connectivity index (χ1v) is 6.24. The molecule has 0 amide bonds. The summed E-state index contributed by atoms with van der Waals surface area (Å²) in [6.07, 6.45) is 3.32. The van der Waals surface area contributed by atoms with Crippen molar-refractivity contribution in [3.8, 4) is 5.75 Å². The third-order valence-corrected chi connectivity index (χ3v) is 3.87. The van der Waals surface area contributed by atoms with Gasteiger partial charge in [-0.25, -0.2) is 0 Å². The van der Waals surface area contributed by atoms with Crippen LogP contribution in [-0.4, -0.2) is 18.2 Å². The predicted molar refractivity (Wildman–Crippen MR) is 67.2 cm³/mol. The molecule has 0 aliphatic carbocycles. The average Bonchev–Trinajstić information content (AvgIpc) is 2.31. The normalized spacial score (nSPS) is 17.6. The number of rotatable bonds is 2. The van der Waals surface area contributed by atoms with E-state index in [1.807, 2.05) is 6.92 Å². The smallest absolute Gasteiger partial charge is 0.119 e. The summed E-state index contributed by atoms with van der Waals surface area (Å²) in [5.74, 6) is 1.06. The lowest BCUT2D eigenvalue weighted by Crippen LogP contribution is -2.28. The molecular formula is C13H18ClNO. The summed E-state index contributed by atoms with van der Waals surface area (Å²) in [7, 11) is 0. The third-order valence-electron chi connectivity index (χ3n) is 3.46. The fraction of sp³-hybridized carbons (Fsp3) is 0.538. The van der Waals surface area contributed by atoms with Gasteiger partial charge >= 0.3 is 0 Å². The highest BCUT2D eigenvalue weighted by Crippen LogP contribution is 2.31. The van der Waals surface area contributed by atoms with Crippen LogP contribution in [-0.2, 0) is 6.42 Å². The van der Waals surface area contributed by atoms with Gasteiger partial charge in [0.05, 0.1) is 0 Å². The van der Waals surface area contributed by atoms with E-state index in [1.54, 1.807) is 12.1 Å². The average molecular weight is 240 g/mol. The minimum Gasteiger partial charge on any atom is -0.508 e. The molecule has 0 atom stereocenters. The van der Waals surface area contributed by atoms with Crippen molar-refractivity contribution in [3.05, 3.63) is 28.3 Å². The quantitative estimate of drug-likeness (QED) is 0.832. The van der Waals surface area contributed by atoms with E-state index in [-0.39, 0.29) is 0 Å². The second-order valence-corrected chi connectivity index (χ2v) is 4.97. The summed E-state index contributed by atoms with van der Waals surface area (Å²) in [4.78, 5) is 0. The van der Waals surface area contributed by atoms with Crippen LogP contribution in [0.1, 0.15) is 24.0 Å². The molecule has 2 rings (SSSR count). The van der Waals surface area contributed by atoms with E-state index in [4.69, 9.17) is 11.6 Å². The van der Waals surface area contributed by atoms with E-state index in [9.17, 15) is 5.11 Å². The number of piperidine rings is 1. The van der Waals surface area contributed by atoms with Crippen molar-refractivity contribution in [3.63, 3.8) is 0 Å². The molecule has 0 spiro atoms. The molecule has 1 aromatic carbocycles. The van der Waals surface area contributed by atoms with Crippen molar-refractivity contribution in [2.45, 2.75) is 26.2 Å². The van der Waals surface area contributed by atoms with Crippen molar-refractivity contribution in [2.75, 3.05) is 13.1 Å². The van der Waals surface area contributed by atoms with Crippen LogP contribution < -0.4 is 5.32 Å². The van der Waals surface area contributed by atoms with E-state index in [2.05, 4.69) is 5.32 Å². The molecule has 88 valence electrons. The molecule has 1 aliphatic heterocycles. The molecule has 3 heteroatoms. The Morgan fingerprint density at radius 1 is 1.38 bits per heavy atom. The molecule has 0 aromatic heterocycles. The Bertz CT molecular complexity index is 372. The van der Waals surface area contributed by atoms with Crippen LogP contribution in [0.15, 0.2) is 12.1 Å². The highest BCUT2D eigenvalue weighted by molar-refractivity contribution is 6.31. The molecule has 1 fully saturated rings. The van der Waals surface area contributed by atoms with Crippen LogP contribution in [0.3, 0.4) is 0 Å². The molecule has 1 aromatic rings. The zero-order valence-electron chi connectivity index (χ0n) is 9.59. The molecule has 2 N–H and O–H groups in total. The third kappa shape index (κ3) is 2.50. The van der Waals surface area contributed by atoms with Gasteiger partial charge < -0.3 is 10.4 Å². The molecule has 1 heterocycles. The Kier molecular flexibility index (Phi) is 3.72. The lowest BCUT2D eigenvalue weighted by molar-refractivity contribution is 0.366. The highest BCUT2D eigenvalue weighted by atomic mass is 35.5. The molecule has 0 radical (unpaired) electrons. The van der Waals surface area contributed by atoms with Gasteiger partial charge in [0, 0.05) is 5.02 Å². The molecule has 0 saturated carbocycles.